The van der Waals surface area contributed by atoms with Gasteiger partial charge in [-0.05, 0) is 47.5 Å². The van der Waals surface area contributed by atoms with Crippen LogP contribution in [0.1, 0.15) is 38.0 Å². The second-order valence-corrected chi connectivity index (χ2v) is 8.00. The summed E-state index contributed by atoms with van der Waals surface area (Å²) in [5, 5.41) is 12.7. The minimum Gasteiger partial charge on any atom is -0.508 e. The first kappa shape index (κ1) is 25.1. The smallest absolute Gasteiger partial charge is 0.337 e. The molecule has 1 unspecified atom stereocenters. The molecule has 0 spiro atoms. The molecule has 0 aliphatic rings. The zero-order valence-electron chi connectivity index (χ0n) is 19.9. The number of ether oxygens (including phenoxy) is 1. The average Bonchev–Trinajstić information content (AvgIpc) is 2.95. The zero-order chi connectivity index (χ0) is 26.2. The molecule has 0 saturated heterocycles. The Morgan fingerprint density at radius 2 is 1.65 bits per heavy atom. The summed E-state index contributed by atoms with van der Waals surface area (Å²) < 4.78 is 4.77. The monoisotopic (exact) mass is 496 g/mol. The summed E-state index contributed by atoms with van der Waals surface area (Å²) in [6.07, 6.45) is 4.14. The van der Waals surface area contributed by atoms with Gasteiger partial charge in [0.05, 0.1) is 18.9 Å². The summed E-state index contributed by atoms with van der Waals surface area (Å²) in [6, 6.07) is 20.4. The summed E-state index contributed by atoms with van der Waals surface area (Å²) in [6.45, 7) is 0.239. The van der Waals surface area contributed by atoms with Gasteiger partial charge in [-0.15, -0.1) is 0 Å². The average molecular weight is 497 g/mol. The zero-order valence-corrected chi connectivity index (χ0v) is 19.9. The topological polar surface area (TPSA) is 122 Å². The van der Waals surface area contributed by atoms with Gasteiger partial charge in [-0.1, -0.05) is 42.5 Å². The first-order valence-electron chi connectivity index (χ1n) is 11.4. The number of methoxy groups -OCH3 is 1. The van der Waals surface area contributed by atoms with E-state index in [1.807, 2.05) is 30.3 Å². The molecule has 0 aliphatic heterocycles. The van der Waals surface area contributed by atoms with E-state index >= 15 is 0 Å². The Kier molecular flexibility index (Phi) is 7.85. The van der Waals surface area contributed by atoms with Gasteiger partial charge in [-0.25, -0.2) is 9.78 Å². The Morgan fingerprint density at radius 1 is 0.946 bits per heavy atom. The molecule has 0 radical (unpaired) electrons. The molecule has 3 aromatic carbocycles. The summed E-state index contributed by atoms with van der Waals surface area (Å²) in [5.74, 6) is -1.55. The summed E-state index contributed by atoms with van der Waals surface area (Å²) in [5.41, 5.74) is 2.00. The third-order valence-corrected chi connectivity index (χ3v) is 5.59. The van der Waals surface area contributed by atoms with Crippen molar-refractivity contribution < 1.29 is 24.2 Å². The molecular formula is C28H24N4O5. The van der Waals surface area contributed by atoms with E-state index in [1.54, 1.807) is 24.3 Å². The number of esters is 1. The van der Waals surface area contributed by atoms with E-state index in [0.717, 1.165) is 5.56 Å². The van der Waals surface area contributed by atoms with E-state index in [-0.39, 0.29) is 23.6 Å². The van der Waals surface area contributed by atoms with Crippen LogP contribution < -0.4 is 10.2 Å². The number of phenols is 1. The number of nitrogens with one attached hydrogen (secondary N) is 1. The highest BCUT2D eigenvalue weighted by Gasteiger charge is 2.34. The number of carbonyl (C=O) groups excluding carboxylic acids is 3. The van der Waals surface area contributed by atoms with Crippen LogP contribution in [0.5, 0.6) is 5.75 Å². The van der Waals surface area contributed by atoms with E-state index in [4.69, 9.17) is 4.74 Å². The molecule has 4 rings (SSSR count). The Bertz CT molecular complexity index is 1360. The number of aromatic hydroxyl groups is 1. The predicted octanol–water partition coefficient (Wildman–Crippen LogP) is 3.67. The molecule has 186 valence electrons. The quantitative estimate of drug-likeness (QED) is 0.357. The third kappa shape index (κ3) is 5.96. The molecule has 0 bridgehead atoms. The molecule has 0 aliphatic carbocycles. The van der Waals surface area contributed by atoms with E-state index in [0.29, 0.717) is 11.3 Å². The van der Waals surface area contributed by atoms with Crippen LogP contribution in [0.3, 0.4) is 0 Å². The first-order chi connectivity index (χ1) is 18.0. The number of carbonyl (C=O) groups is 3. The molecule has 9 heteroatoms. The number of amides is 2. The largest absolute Gasteiger partial charge is 0.508 e. The van der Waals surface area contributed by atoms with Crippen molar-refractivity contribution >= 4 is 23.5 Å². The molecule has 4 aromatic rings. The van der Waals surface area contributed by atoms with E-state index in [2.05, 4.69) is 15.3 Å². The first-order valence-corrected chi connectivity index (χ1v) is 11.4. The maximum atomic E-state index is 13.8. The van der Waals surface area contributed by atoms with Gasteiger partial charge in [0.2, 0.25) is 5.91 Å². The van der Waals surface area contributed by atoms with Gasteiger partial charge < -0.3 is 15.2 Å². The second kappa shape index (κ2) is 11.6. The summed E-state index contributed by atoms with van der Waals surface area (Å²) in [4.78, 5) is 48.8. The predicted molar refractivity (Wildman–Crippen MR) is 136 cm³/mol. The minimum absolute atomic E-state index is 0.0152. The number of hydrogen-bond donors (Lipinski definition) is 2. The van der Waals surface area contributed by atoms with Crippen molar-refractivity contribution in [3.8, 4) is 5.75 Å². The van der Waals surface area contributed by atoms with E-state index in [1.165, 1.54) is 54.9 Å². The number of nitrogens with zero attached hydrogens (tertiary/aromatic N) is 3. The Morgan fingerprint density at radius 3 is 2.27 bits per heavy atom. The molecule has 2 N–H and O–H groups in total. The molecule has 0 saturated carbocycles. The fourth-order valence-electron chi connectivity index (χ4n) is 3.75. The van der Waals surface area contributed by atoms with Crippen molar-refractivity contribution in [2.24, 2.45) is 0 Å². The molecule has 0 fully saturated rings. The highest BCUT2D eigenvalue weighted by atomic mass is 16.5. The highest BCUT2D eigenvalue weighted by molar-refractivity contribution is 6.09. The minimum atomic E-state index is -1.14. The standard InChI is InChI=1S/C28H24N4O5/c1-37-28(36)21-7-11-22(12-8-21)32(27(35)24-18-29-15-16-30-24)25(20-9-13-23(33)14-10-20)26(34)31-17-19-5-3-2-4-6-19/h2-16,18,25,33H,17H2,1H3,(H,31,34). The molecule has 1 aromatic heterocycles. The molecule has 2 amide bonds. The molecule has 37 heavy (non-hydrogen) atoms. The van der Waals surface area contributed by atoms with Crippen molar-refractivity contribution in [3.63, 3.8) is 0 Å². The van der Waals surface area contributed by atoms with E-state index < -0.39 is 23.8 Å². The van der Waals surface area contributed by atoms with Gasteiger partial charge in [0, 0.05) is 24.6 Å². The van der Waals surface area contributed by atoms with Crippen LogP contribution in [0, 0.1) is 0 Å². The Labute approximate surface area is 213 Å². The van der Waals surface area contributed by atoms with Crippen LogP contribution >= 0.6 is 0 Å². The van der Waals surface area contributed by atoms with Crippen molar-refractivity contribution in [1.82, 2.24) is 15.3 Å². The second-order valence-electron chi connectivity index (χ2n) is 8.00. The molecule has 1 heterocycles. The Hall–Kier alpha value is -5.05. The number of benzene rings is 3. The number of hydrogen-bond acceptors (Lipinski definition) is 7. The van der Waals surface area contributed by atoms with Crippen LogP contribution in [0.15, 0.2) is 97.5 Å². The third-order valence-electron chi connectivity index (χ3n) is 5.59. The van der Waals surface area contributed by atoms with Gasteiger partial charge in [0.25, 0.3) is 5.91 Å². The lowest BCUT2D eigenvalue weighted by atomic mass is 10.0. The number of phenolic OH excluding ortho intramolecular Hbond substituents is 1. The molecular weight excluding hydrogens is 472 g/mol. The van der Waals surface area contributed by atoms with Crippen molar-refractivity contribution in [2.45, 2.75) is 12.6 Å². The van der Waals surface area contributed by atoms with E-state index in [9.17, 15) is 19.5 Å². The van der Waals surface area contributed by atoms with Crippen LogP contribution in [-0.4, -0.2) is 40.0 Å². The van der Waals surface area contributed by atoms with Gasteiger partial charge in [0.15, 0.2) is 0 Å². The summed E-state index contributed by atoms with van der Waals surface area (Å²) in [7, 11) is 1.28. The summed E-state index contributed by atoms with van der Waals surface area (Å²) >= 11 is 0. The highest BCUT2D eigenvalue weighted by Crippen LogP contribution is 2.31. The SMILES string of the molecule is COC(=O)c1ccc(N(C(=O)c2cnccn2)C(C(=O)NCc2ccccc2)c2ccc(O)cc2)cc1. The fraction of sp³-hybridized carbons (Fsp3) is 0.107. The molecule has 1 atom stereocenters. The molecule has 9 nitrogen and oxygen atoms in total. The van der Waals surface area contributed by atoms with Crippen molar-refractivity contribution in [2.75, 3.05) is 12.0 Å². The van der Waals surface area contributed by atoms with Gasteiger partial charge in [-0.3, -0.25) is 19.5 Å². The maximum Gasteiger partial charge on any atom is 0.337 e. The van der Waals surface area contributed by atoms with Crippen LogP contribution in [0.25, 0.3) is 0 Å². The fourth-order valence-corrected chi connectivity index (χ4v) is 3.75. The number of aromatic nitrogens is 2. The van der Waals surface area contributed by atoms with Crippen LogP contribution in [-0.2, 0) is 16.1 Å². The van der Waals surface area contributed by atoms with Crippen LogP contribution in [0.2, 0.25) is 0 Å². The lowest BCUT2D eigenvalue weighted by Gasteiger charge is -2.31. The number of rotatable bonds is 8. The maximum absolute atomic E-state index is 13.8. The van der Waals surface area contributed by atoms with Gasteiger partial charge >= 0.3 is 5.97 Å². The lowest BCUT2D eigenvalue weighted by Crippen LogP contribution is -2.44. The normalized spacial score (nSPS) is 11.3. The lowest BCUT2D eigenvalue weighted by molar-refractivity contribution is -0.122. The Balaban J connectivity index is 1.79. The number of anilines is 1. The van der Waals surface area contributed by atoms with Crippen molar-refractivity contribution in [3.05, 3.63) is 120 Å². The van der Waals surface area contributed by atoms with Gasteiger partial charge in [-0.2, -0.15) is 0 Å². The van der Waals surface area contributed by atoms with Gasteiger partial charge in [0.1, 0.15) is 17.5 Å². The van der Waals surface area contributed by atoms with Crippen LogP contribution in [0.4, 0.5) is 5.69 Å². The van der Waals surface area contributed by atoms with Crippen molar-refractivity contribution in [1.29, 1.82) is 0 Å².